The molecule has 8 nitrogen and oxygen atoms in total. The smallest absolute Gasteiger partial charge is 0.335 e. The fraction of sp³-hybridized carbons (Fsp3) is 0. The molecule has 0 bridgehead atoms. The molecule has 1 aromatic carbocycles. The molecule has 2 amide bonds. The SMILES string of the molecule is O=C(O)c1cc(NC(=O)c2ccco2)cc(NC(=O)c2ccco2)c1. The number of hydrogen-bond acceptors (Lipinski definition) is 5. The molecule has 2 aromatic heterocycles. The van der Waals surface area contributed by atoms with Crippen molar-refractivity contribution in [2.45, 2.75) is 0 Å². The molecule has 0 aliphatic carbocycles. The second kappa shape index (κ2) is 6.75. The minimum atomic E-state index is -1.21. The van der Waals surface area contributed by atoms with Crippen molar-refractivity contribution in [3.63, 3.8) is 0 Å². The van der Waals surface area contributed by atoms with Crippen molar-refractivity contribution in [3.8, 4) is 0 Å². The van der Waals surface area contributed by atoms with Gasteiger partial charge in [-0.15, -0.1) is 0 Å². The summed E-state index contributed by atoms with van der Waals surface area (Å²) in [5.74, 6) is -2.15. The van der Waals surface area contributed by atoms with E-state index in [0.29, 0.717) is 0 Å². The standard InChI is InChI=1S/C17H12N2O6/c20-15(13-3-1-5-24-13)18-11-7-10(17(22)23)8-12(9-11)19-16(21)14-4-2-6-25-14/h1-9H,(H,18,20)(H,19,21)(H,22,23). The van der Waals surface area contributed by atoms with Gasteiger partial charge in [0.15, 0.2) is 11.5 Å². The van der Waals surface area contributed by atoms with Gasteiger partial charge >= 0.3 is 5.97 Å². The van der Waals surface area contributed by atoms with E-state index in [1.54, 1.807) is 12.1 Å². The maximum absolute atomic E-state index is 12.0. The lowest BCUT2D eigenvalue weighted by Crippen LogP contribution is -2.14. The average Bonchev–Trinajstić information content (AvgIpc) is 3.28. The lowest BCUT2D eigenvalue weighted by atomic mass is 10.1. The quantitative estimate of drug-likeness (QED) is 0.656. The largest absolute Gasteiger partial charge is 0.478 e. The third-order valence-corrected chi connectivity index (χ3v) is 3.19. The number of hydrogen-bond donors (Lipinski definition) is 3. The van der Waals surface area contributed by atoms with E-state index in [1.165, 1.54) is 42.9 Å². The van der Waals surface area contributed by atoms with E-state index in [0.717, 1.165) is 0 Å². The molecule has 0 radical (unpaired) electrons. The Kier molecular flexibility index (Phi) is 4.34. The molecule has 0 unspecified atom stereocenters. The van der Waals surface area contributed by atoms with E-state index in [1.807, 2.05) is 0 Å². The van der Waals surface area contributed by atoms with E-state index in [2.05, 4.69) is 10.6 Å². The third kappa shape index (κ3) is 3.75. The molecule has 8 heteroatoms. The Morgan fingerprint density at radius 2 is 1.28 bits per heavy atom. The summed E-state index contributed by atoms with van der Waals surface area (Å²) in [4.78, 5) is 35.3. The molecule has 126 valence electrons. The first-order chi connectivity index (χ1) is 12.0. The van der Waals surface area contributed by atoms with Crippen LogP contribution in [0.15, 0.2) is 63.8 Å². The van der Waals surface area contributed by atoms with Crippen LogP contribution in [0.1, 0.15) is 31.5 Å². The van der Waals surface area contributed by atoms with Gasteiger partial charge in [0.2, 0.25) is 0 Å². The second-order valence-electron chi connectivity index (χ2n) is 4.97. The highest BCUT2D eigenvalue weighted by Gasteiger charge is 2.14. The van der Waals surface area contributed by atoms with Crippen LogP contribution in [0.2, 0.25) is 0 Å². The van der Waals surface area contributed by atoms with E-state index < -0.39 is 17.8 Å². The summed E-state index contributed by atoms with van der Waals surface area (Å²) >= 11 is 0. The Morgan fingerprint density at radius 1 is 0.800 bits per heavy atom. The van der Waals surface area contributed by atoms with Crippen molar-refractivity contribution in [2.24, 2.45) is 0 Å². The van der Waals surface area contributed by atoms with Crippen LogP contribution in [-0.2, 0) is 0 Å². The number of carboxylic acids is 1. The molecule has 0 aliphatic heterocycles. The molecule has 0 fully saturated rings. The maximum Gasteiger partial charge on any atom is 0.335 e. The summed E-state index contributed by atoms with van der Waals surface area (Å²) in [6.07, 6.45) is 2.69. The molecule has 0 spiro atoms. The zero-order chi connectivity index (χ0) is 17.8. The van der Waals surface area contributed by atoms with Gasteiger partial charge in [0, 0.05) is 11.4 Å². The minimum Gasteiger partial charge on any atom is -0.478 e. The zero-order valence-corrected chi connectivity index (χ0v) is 12.7. The highest BCUT2D eigenvalue weighted by molar-refractivity contribution is 6.05. The van der Waals surface area contributed by atoms with Crippen molar-refractivity contribution in [3.05, 3.63) is 72.1 Å². The maximum atomic E-state index is 12.0. The van der Waals surface area contributed by atoms with Crippen LogP contribution in [0.25, 0.3) is 0 Å². The number of nitrogens with one attached hydrogen (secondary N) is 2. The lowest BCUT2D eigenvalue weighted by Gasteiger charge is -2.09. The number of furan rings is 2. The van der Waals surface area contributed by atoms with Crippen molar-refractivity contribution < 1.29 is 28.3 Å². The highest BCUT2D eigenvalue weighted by Crippen LogP contribution is 2.21. The molecular formula is C17H12N2O6. The number of carbonyl (C=O) groups excluding carboxylic acids is 2. The fourth-order valence-electron chi connectivity index (χ4n) is 2.10. The lowest BCUT2D eigenvalue weighted by molar-refractivity contribution is 0.0696. The molecule has 2 heterocycles. The Hall–Kier alpha value is -3.81. The van der Waals surface area contributed by atoms with E-state index >= 15 is 0 Å². The van der Waals surface area contributed by atoms with Gasteiger partial charge in [0.05, 0.1) is 18.1 Å². The number of amides is 2. The number of rotatable bonds is 5. The summed E-state index contributed by atoms with van der Waals surface area (Å²) in [5, 5.41) is 14.2. The topological polar surface area (TPSA) is 122 Å². The van der Waals surface area contributed by atoms with Gasteiger partial charge in [-0.1, -0.05) is 0 Å². The number of anilines is 2. The molecule has 3 aromatic rings. The van der Waals surface area contributed by atoms with Gasteiger partial charge in [-0.3, -0.25) is 9.59 Å². The van der Waals surface area contributed by atoms with E-state index in [-0.39, 0.29) is 28.5 Å². The Morgan fingerprint density at radius 3 is 1.64 bits per heavy atom. The van der Waals surface area contributed by atoms with Gasteiger partial charge < -0.3 is 24.6 Å². The number of carboxylic acid groups (broad SMARTS) is 1. The average molecular weight is 340 g/mol. The Balaban J connectivity index is 1.85. The first-order valence-corrected chi connectivity index (χ1v) is 7.11. The van der Waals surface area contributed by atoms with Crippen molar-refractivity contribution in [2.75, 3.05) is 10.6 Å². The van der Waals surface area contributed by atoms with Crippen LogP contribution in [-0.4, -0.2) is 22.9 Å². The predicted octanol–water partition coefficient (Wildman–Crippen LogP) is 3.08. The summed E-state index contributed by atoms with van der Waals surface area (Å²) in [7, 11) is 0. The highest BCUT2D eigenvalue weighted by atomic mass is 16.4. The molecule has 0 saturated heterocycles. The monoisotopic (exact) mass is 340 g/mol. The van der Waals surface area contributed by atoms with Crippen LogP contribution in [0.4, 0.5) is 11.4 Å². The summed E-state index contributed by atoms with van der Waals surface area (Å²) in [6.45, 7) is 0. The van der Waals surface area contributed by atoms with Crippen LogP contribution in [0.3, 0.4) is 0 Å². The third-order valence-electron chi connectivity index (χ3n) is 3.19. The van der Waals surface area contributed by atoms with Gasteiger partial charge in [0.1, 0.15) is 0 Å². The van der Waals surface area contributed by atoms with Crippen molar-refractivity contribution in [1.82, 2.24) is 0 Å². The molecule has 0 atom stereocenters. The Labute approximate surface area is 141 Å². The molecular weight excluding hydrogens is 328 g/mol. The number of carbonyl (C=O) groups is 3. The fourth-order valence-corrected chi connectivity index (χ4v) is 2.10. The van der Waals surface area contributed by atoms with Gasteiger partial charge in [-0.05, 0) is 42.5 Å². The van der Waals surface area contributed by atoms with Crippen LogP contribution < -0.4 is 10.6 Å². The summed E-state index contributed by atoms with van der Waals surface area (Å²) < 4.78 is 9.96. The van der Waals surface area contributed by atoms with Gasteiger partial charge in [0.25, 0.3) is 11.8 Å². The predicted molar refractivity (Wildman–Crippen MR) is 86.7 cm³/mol. The molecule has 0 saturated carbocycles. The van der Waals surface area contributed by atoms with Crippen molar-refractivity contribution in [1.29, 1.82) is 0 Å². The molecule has 25 heavy (non-hydrogen) atoms. The first kappa shape index (κ1) is 16.1. The van der Waals surface area contributed by atoms with E-state index in [4.69, 9.17) is 8.83 Å². The van der Waals surface area contributed by atoms with Gasteiger partial charge in [-0.25, -0.2) is 4.79 Å². The second-order valence-corrected chi connectivity index (χ2v) is 4.97. The number of aromatic carboxylic acids is 1. The minimum absolute atomic E-state index is 0.0712. The van der Waals surface area contributed by atoms with Crippen LogP contribution >= 0.6 is 0 Å². The van der Waals surface area contributed by atoms with Crippen LogP contribution in [0.5, 0.6) is 0 Å². The van der Waals surface area contributed by atoms with Crippen LogP contribution in [0, 0.1) is 0 Å². The number of benzene rings is 1. The molecule has 3 N–H and O–H groups in total. The van der Waals surface area contributed by atoms with Crippen molar-refractivity contribution >= 4 is 29.2 Å². The first-order valence-electron chi connectivity index (χ1n) is 7.11. The van der Waals surface area contributed by atoms with E-state index in [9.17, 15) is 19.5 Å². The molecule has 0 aliphatic rings. The summed E-state index contributed by atoms with van der Waals surface area (Å²) in [5.41, 5.74) is 0.277. The Bertz CT molecular complexity index is 846. The summed E-state index contributed by atoms with van der Waals surface area (Å²) in [6, 6.07) is 10.0. The normalized spacial score (nSPS) is 10.2. The molecule has 3 rings (SSSR count). The zero-order valence-electron chi connectivity index (χ0n) is 12.7. The van der Waals surface area contributed by atoms with Gasteiger partial charge in [-0.2, -0.15) is 0 Å².